The zero-order chi connectivity index (χ0) is 16.5. The first kappa shape index (κ1) is 18.2. The van der Waals surface area contributed by atoms with Crippen molar-refractivity contribution in [1.82, 2.24) is 20.0 Å². The third-order valence-corrected chi connectivity index (χ3v) is 5.91. The van der Waals surface area contributed by atoms with Gasteiger partial charge in [0.05, 0.1) is 0 Å². The molecular weight excluding hydrogens is 272 g/mol. The Balaban J connectivity index is 2.02. The minimum Gasteiger partial charge on any atom is -0.312 e. The Kier molecular flexibility index (Phi) is 5.92. The minimum absolute atomic E-state index is 0.273. The molecule has 2 fully saturated rings. The average Bonchev–Trinajstić information content (AvgIpc) is 2.43. The maximum absolute atomic E-state index is 3.57. The van der Waals surface area contributed by atoms with E-state index in [4.69, 9.17) is 0 Å². The van der Waals surface area contributed by atoms with E-state index >= 15 is 0 Å². The van der Waals surface area contributed by atoms with Crippen molar-refractivity contribution in [2.45, 2.75) is 77.7 Å². The van der Waals surface area contributed by atoms with Crippen molar-refractivity contribution in [3.8, 4) is 0 Å². The Morgan fingerprint density at radius 2 is 1.82 bits per heavy atom. The smallest absolute Gasteiger partial charge is 0.0241 e. The van der Waals surface area contributed by atoms with Gasteiger partial charge in [-0.05, 0) is 55.0 Å². The number of hydrogen-bond donors (Lipinski definition) is 1. The fraction of sp³-hybridized carbons (Fsp3) is 1.00. The number of rotatable bonds is 4. The van der Waals surface area contributed by atoms with Crippen molar-refractivity contribution in [2.75, 3.05) is 39.8 Å². The molecule has 2 aliphatic rings. The van der Waals surface area contributed by atoms with Crippen molar-refractivity contribution in [3.05, 3.63) is 0 Å². The van der Waals surface area contributed by atoms with Gasteiger partial charge in [-0.15, -0.1) is 0 Å². The van der Waals surface area contributed by atoms with Crippen LogP contribution in [0, 0.1) is 0 Å². The molecule has 0 aliphatic carbocycles. The highest BCUT2D eigenvalue weighted by atomic mass is 15.3. The first-order valence-electron chi connectivity index (χ1n) is 9.15. The van der Waals surface area contributed by atoms with E-state index in [2.05, 4.69) is 68.6 Å². The molecule has 3 atom stereocenters. The van der Waals surface area contributed by atoms with E-state index in [-0.39, 0.29) is 5.54 Å². The fourth-order valence-corrected chi connectivity index (χ4v) is 4.12. The molecule has 4 nitrogen and oxygen atoms in total. The minimum atomic E-state index is 0.273. The van der Waals surface area contributed by atoms with E-state index < -0.39 is 0 Å². The number of hydrogen-bond acceptors (Lipinski definition) is 4. The molecule has 2 saturated heterocycles. The van der Waals surface area contributed by atoms with E-state index in [0.717, 1.165) is 6.54 Å². The first-order chi connectivity index (χ1) is 10.2. The van der Waals surface area contributed by atoms with E-state index in [1.165, 1.54) is 32.6 Å². The summed E-state index contributed by atoms with van der Waals surface area (Å²) < 4.78 is 0. The lowest BCUT2D eigenvalue weighted by atomic mass is 9.89. The predicted octanol–water partition coefficient (Wildman–Crippen LogP) is 1.86. The topological polar surface area (TPSA) is 21.8 Å². The quantitative estimate of drug-likeness (QED) is 0.855. The molecular formula is C18H38N4. The number of piperazine rings is 2. The van der Waals surface area contributed by atoms with E-state index in [1.54, 1.807) is 0 Å². The van der Waals surface area contributed by atoms with Crippen LogP contribution in [0.5, 0.6) is 0 Å². The highest BCUT2D eigenvalue weighted by molar-refractivity contribution is 4.95. The Morgan fingerprint density at radius 1 is 1.14 bits per heavy atom. The standard InChI is InChI=1S/C18H38N4/c1-14(2)21-12-16(4)20(7)17(13-21)10-18(5,6)22-9-8-19-15(3)11-22/h14-17,19H,8-13H2,1-7H3/t15-,16-,17+/m1/s1. The molecule has 22 heavy (non-hydrogen) atoms. The maximum atomic E-state index is 3.57. The summed E-state index contributed by atoms with van der Waals surface area (Å²) in [5.74, 6) is 0. The SMILES string of the molecule is CC(C)N1C[C@H](CC(C)(C)N2CCN[C@H](C)C2)N(C)[C@H](C)C1. The van der Waals surface area contributed by atoms with Crippen molar-refractivity contribution in [1.29, 1.82) is 0 Å². The molecule has 0 bridgehead atoms. The van der Waals surface area contributed by atoms with Gasteiger partial charge in [-0.25, -0.2) is 0 Å². The fourth-order valence-electron chi connectivity index (χ4n) is 4.12. The molecule has 0 saturated carbocycles. The van der Waals surface area contributed by atoms with Gasteiger partial charge >= 0.3 is 0 Å². The maximum Gasteiger partial charge on any atom is 0.0241 e. The van der Waals surface area contributed by atoms with Gasteiger partial charge in [0, 0.05) is 62.4 Å². The van der Waals surface area contributed by atoms with Gasteiger partial charge in [0.2, 0.25) is 0 Å². The van der Waals surface area contributed by atoms with E-state index in [0.29, 0.717) is 24.2 Å². The summed E-state index contributed by atoms with van der Waals surface area (Å²) in [5.41, 5.74) is 0.273. The lowest BCUT2D eigenvalue weighted by Gasteiger charge is -2.50. The molecule has 0 aromatic carbocycles. The van der Waals surface area contributed by atoms with Crippen molar-refractivity contribution < 1.29 is 0 Å². The van der Waals surface area contributed by atoms with Gasteiger partial charge < -0.3 is 5.32 Å². The second-order valence-electron chi connectivity index (χ2n) is 8.53. The number of likely N-dealkylation sites (N-methyl/N-ethyl adjacent to an activating group) is 1. The Labute approximate surface area is 138 Å². The summed E-state index contributed by atoms with van der Waals surface area (Å²) in [6.45, 7) is 20.1. The number of nitrogens with zero attached hydrogens (tertiary/aromatic N) is 3. The monoisotopic (exact) mass is 310 g/mol. The Hall–Kier alpha value is -0.160. The van der Waals surface area contributed by atoms with Crippen LogP contribution in [-0.4, -0.2) is 84.2 Å². The molecule has 130 valence electrons. The molecule has 2 rings (SSSR count). The van der Waals surface area contributed by atoms with Gasteiger partial charge in [0.1, 0.15) is 0 Å². The molecule has 2 aliphatic heterocycles. The number of nitrogens with one attached hydrogen (secondary N) is 1. The second-order valence-corrected chi connectivity index (χ2v) is 8.53. The third-order valence-electron chi connectivity index (χ3n) is 5.91. The van der Waals surface area contributed by atoms with Crippen LogP contribution in [0.1, 0.15) is 48.0 Å². The first-order valence-corrected chi connectivity index (χ1v) is 9.15. The summed E-state index contributed by atoms with van der Waals surface area (Å²) in [6.07, 6.45) is 1.25. The summed E-state index contributed by atoms with van der Waals surface area (Å²) in [7, 11) is 2.32. The van der Waals surface area contributed by atoms with Crippen LogP contribution in [-0.2, 0) is 0 Å². The summed E-state index contributed by atoms with van der Waals surface area (Å²) in [5, 5.41) is 3.57. The highest BCUT2D eigenvalue weighted by Gasteiger charge is 2.37. The summed E-state index contributed by atoms with van der Waals surface area (Å²) in [4.78, 5) is 7.97. The molecule has 4 heteroatoms. The van der Waals surface area contributed by atoms with Crippen molar-refractivity contribution in [2.24, 2.45) is 0 Å². The van der Waals surface area contributed by atoms with Crippen molar-refractivity contribution in [3.63, 3.8) is 0 Å². The molecule has 0 amide bonds. The van der Waals surface area contributed by atoms with Gasteiger partial charge in [0.25, 0.3) is 0 Å². The normalized spacial score (nSPS) is 33.5. The largest absolute Gasteiger partial charge is 0.312 e. The van der Waals surface area contributed by atoms with Gasteiger partial charge in [-0.2, -0.15) is 0 Å². The molecule has 0 aromatic rings. The average molecular weight is 311 g/mol. The van der Waals surface area contributed by atoms with Crippen LogP contribution < -0.4 is 5.32 Å². The molecule has 0 aromatic heterocycles. The lowest BCUT2D eigenvalue weighted by molar-refractivity contribution is -0.00553. The van der Waals surface area contributed by atoms with Gasteiger partial charge in [-0.3, -0.25) is 14.7 Å². The van der Waals surface area contributed by atoms with Crippen molar-refractivity contribution >= 4 is 0 Å². The zero-order valence-electron chi connectivity index (χ0n) is 15.9. The molecule has 2 heterocycles. The zero-order valence-corrected chi connectivity index (χ0v) is 15.9. The van der Waals surface area contributed by atoms with Crippen LogP contribution >= 0.6 is 0 Å². The lowest BCUT2D eigenvalue weighted by Crippen LogP contribution is -2.62. The van der Waals surface area contributed by atoms with Crippen LogP contribution in [0.4, 0.5) is 0 Å². The Morgan fingerprint density at radius 3 is 2.41 bits per heavy atom. The van der Waals surface area contributed by atoms with Crippen LogP contribution in [0.3, 0.4) is 0 Å². The third kappa shape index (κ3) is 4.22. The van der Waals surface area contributed by atoms with Crippen LogP contribution in [0.25, 0.3) is 0 Å². The summed E-state index contributed by atoms with van der Waals surface area (Å²) in [6, 6.07) is 2.58. The molecule has 1 N–H and O–H groups in total. The van der Waals surface area contributed by atoms with Crippen LogP contribution in [0.2, 0.25) is 0 Å². The molecule has 0 unspecified atom stereocenters. The van der Waals surface area contributed by atoms with Gasteiger partial charge in [-0.1, -0.05) is 0 Å². The van der Waals surface area contributed by atoms with E-state index in [1.807, 2.05) is 0 Å². The predicted molar refractivity (Wildman–Crippen MR) is 95.5 cm³/mol. The molecule has 0 radical (unpaired) electrons. The van der Waals surface area contributed by atoms with E-state index in [9.17, 15) is 0 Å². The highest BCUT2D eigenvalue weighted by Crippen LogP contribution is 2.27. The Bertz CT molecular complexity index is 355. The van der Waals surface area contributed by atoms with Crippen LogP contribution in [0.15, 0.2) is 0 Å². The summed E-state index contributed by atoms with van der Waals surface area (Å²) >= 11 is 0. The second kappa shape index (κ2) is 7.16. The van der Waals surface area contributed by atoms with Gasteiger partial charge in [0.15, 0.2) is 0 Å². The molecule has 0 spiro atoms.